The Morgan fingerprint density at radius 3 is 2.52 bits per heavy atom. The second-order valence-electron chi connectivity index (χ2n) is 5.19. The van der Waals surface area contributed by atoms with Crippen molar-refractivity contribution < 1.29 is 9.59 Å². The first-order valence-corrected chi connectivity index (χ1v) is 9.13. The fourth-order valence-electron chi connectivity index (χ4n) is 2.22. The van der Waals surface area contributed by atoms with Crippen LogP contribution in [0, 0.1) is 0 Å². The van der Waals surface area contributed by atoms with Crippen LogP contribution in [0.2, 0.25) is 0 Å². The van der Waals surface area contributed by atoms with E-state index in [4.69, 9.17) is 0 Å². The first-order chi connectivity index (χ1) is 12.1. The first-order valence-electron chi connectivity index (χ1n) is 7.46. The fraction of sp³-hybridized carbons (Fsp3) is 0.0556. The number of hydrogen-bond acceptors (Lipinski definition) is 4. The Balaban J connectivity index is 1.70. The van der Waals surface area contributed by atoms with E-state index in [0.717, 1.165) is 10.0 Å². The minimum atomic E-state index is -0.311. The number of carbonyl (C=O) groups excluding carboxylic acids is 2. The number of hydrogen-bond donors (Lipinski definition) is 2. The van der Waals surface area contributed by atoms with Crippen molar-refractivity contribution in [3.8, 4) is 0 Å². The SMILES string of the molecule is O=C(Cc1ccc(Br)cc1)Nc1ccccc1C(=O)Nc1nccs1. The van der Waals surface area contributed by atoms with Gasteiger partial charge < -0.3 is 5.32 Å². The first kappa shape index (κ1) is 17.3. The summed E-state index contributed by atoms with van der Waals surface area (Å²) in [5.41, 5.74) is 1.76. The minimum absolute atomic E-state index is 0.183. The summed E-state index contributed by atoms with van der Waals surface area (Å²) in [6.07, 6.45) is 1.85. The zero-order valence-electron chi connectivity index (χ0n) is 13.0. The van der Waals surface area contributed by atoms with Crippen molar-refractivity contribution in [1.82, 2.24) is 4.98 Å². The number of halogens is 1. The maximum absolute atomic E-state index is 12.4. The van der Waals surface area contributed by atoms with Gasteiger partial charge in [0, 0.05) is 16.0 Å². The van der Waals surface area contributed by atoms with Gasteiger partial charge in [-0.1, -0.05) is 40.2 Å². The smallest absolute Gasteiger partial charge is 0.259 e. The van der Waals surface area contributed by atoms with Gasteiger partial charge in [0.2, 0.25) is 5.91 Å². The number of aromatic nitrogens is 1. The third kappa shape index (κ3) is 4.74. The molecular weight excluding hydrogens is 402 g/mol. The molecule has 0 saturated carbocycles. The molecule has 0 bridgehead atoms. The van der Waals surface area contributed by atoms with Crippen LogP contribution in [0.5, 0.6) is 0 Å². The largest absolute Gasteiger partial charge is 0.325 e. The van der Waals surface area contributed by atoms with E-state index >= 15 is 0 Å². The van der Waals surface area contributed by atoms with Gasteiger partial charge in [-0.3, -0.25) is 14.9 Å². The van der Waals surface area contributed by atoms with E-state index < -0.39 is 0 Å². The highest BCUT2D eigenvalue weighted by Gasteiger charge is 2.14. The molecule has 0 saturated heterocycles. The molecule has 0 fully saturated rings. The molecule has 0 aliphatic carbocycles. The molecule has 0 atom stereocenters. The average Bonchev–Trinajstić information content (AvgIpc) is 3.10. The van der Waals surface area contributed by atoms with Gasteiger partial charge in [-0.05, 0) is 29.8 Å². The monoisotopic (exact) mass is 415 g/mol. The Morgan fingerprint density at radius 2 is 1.80 bits per heavy atom. The van der Waals surface area contributed by atoms with Crippen LogP contribution in [0.4, 0.5) is 10.8 Å². The topological polar surface area (TPSA) is 71.1 Å². The molecular formula is C18H14BrN3O2S. The number of para-hydroxylation sites is 1. The average molecular weight is 416 g/mol. The predicted octanol–water partition coefficient (Wildman–Crippen LogP) is 4.34. The Bertz CT molecular complexity index is 880. The summed E-state index contributed by atoms with van der Waals surface area (Å²) in [5, 5.41) is 7.82. The molecule has 1 heterocycles. The Hall–Kier alpha value is -2.51. The maximum Gasteiger partial charge on any atom is 0.259 e. The molecule has 3 aromatic rings. The summed E-state index contributed by atoms with van der Waals surface area (Å²) >= 11 is 4.70. The van der Waals surface area contributed by atoms with E-state index in [2.05, 4.69) is 31.5 Å². The van der Waals surface area contributed by atoms with Crippen molar-refractivity contribution in [2.75, 3.05) is 10.6 Å². The van der Waals surface area contributed by atoms with Crippen LogP contribution in [0.15, 0.2) is 64.6 Å². The van der Waals surface area contributed by atoms with Gasteiger partial charge in [0.15, 0.2) is 5.13 Å². The lowest BCUT2D eigenvalue weighted by Gasteiger charge is -2.10. The molecule has 0 radical (unpaired) electrons. The summed E-state index contributed by atoms with van der Waals surface area (Å²) in [4.78, 5) is 28.7. The highest BCUT2D eigenvalue weighted by Crippen LogP contribution is 2.19. The molecule has 1 aromatic heterocycles. The molecule has 7 heteroatoms. The van der Waals surface area contributed by atoms with Crippen LogP contribution in [0.3, 0.4) is 0 Å². The van der Waals surface area contributed by atoms with Gasteiger partial charge in [0.1, 0.15) is 0 Å². The van der Waals surface area contributed by atoms with E-state index in [9.17, 15) is 9.59 Å². The van der Waals surface area contributed by atoms with Crippen molar-refractivity contribution in [1.29, 1.82) is 0 Å². The van der Waals surface area contributed by atoms with E-state index in [0.29, 0.717) is 16.4 Å². The number of rotatable bonds is 5. The Morgan fingerprint density at radius 1 is 1.04 bits per heavy atom. The molecule has 5 nitrogen and oxygen atoms in total. The standard InChI is InChI=1S/C18H14BrN3O2S/c19-13-7-5-12(6-8-13)11-16(23)21-15-4-2-1-3-14(15)17(24)22-18-20-9-10-25-18/h1-10H,11H2,(H,21,23)(H,20,22,24). The normalized spacial score (nSPS) is 10.3. The third-order valence-electron chi connectivity index (χ3n) is 3.38. The van der Waals surface area contributed by atoms with Crippen LogP contribution in [0.1, 0.15) is 15.9 Å². The Kier molecular flexibility index (Phi) is 5.57. The lowest BCUT2D eigenvalue weighted by atomic mass is 10.1. The van der Waals surface area contributed by atoms with Crippen LogP contribution >= 0.6 is 27.3 Å². The molecule has 126 valence electrons. The predicted molar refractivity (Wildman–Crippen MR) is 103 cm³/mol. The maximum atomic E-state index is 12.4. The number of carbonyl (C=O) groups is 2. The van der Waals surface area contributed by atoms with Crippen molar-refractivity contribution in [2.24, 2.45) is 0 Å². The molecule has 0 spiro atoms. The van der Waals surface area contributed by atoms with Gasteiger partial charge in [-0.25, -0.2) is 4.98 Å². The highest BCUT2D eigenvalue weighted by atomic mass is 79.9. The molecule has 2 aromatic carbocycles. The molecule has 25 heavy (non-hydrogen) atoms. The molecule has 0 aliphatic rings. The van der Waals surface area contributed by atoms with Crippen LogP contribution in [-0.2, 0) is 11.2 Å². The van der Waals surface area contributed by atoms with E-state index in [1.165, 1.54) is 11.3 Å². The molecule has 3 rings (SSSR count). The van der Waals surface area contributed by atoms with Crippen molar-refractivity contribution in [3.63, 3.8) is 0 Å². The third-order valence-corrected chi connectivity index (χ3v) is 4.59. The molecule has 0 aliphatic heterocycles. The van der Waals surface area contributed by atoms with E-state index in [-0.39, 0.29) is 18.2 Å². The lowest BCUT2D eigenvalue weighted by Crippen LogP contribution is -2.19. The lowest BCUT2D eigenvalue weighted by molar-refractivity contribution is -0.115. The van der Waals surface area contributed by atoms with Gasteiger partial charge in [-0.2, -0.15) is 0 Å². The quantitative estimate of drug-likeness (QED) is 0.650. The van der Waals surface area contributed by atoms with Crippen LogP contribution in [0.25, 0.3) is 0 Å². The second kappa shape index (κ2) is 8.04. The van der Waals surface area contributed by atoms with E-state index in [1.807, 2.05) is 24.3 Å². The number of amides is 2. The number of anilines is 2. The summed E-state index contributed by atoms with van der Waals surface area (Å²) in [6, 6.07) is 14.4. The van der Waals surface area contributed by atoms with Gasteiger partial charge in [0.05, 0.1) is 17.7 Å². The number of nitrogens with one attached hydrogen (secondary N) is 2. The Labute approximate surface area is 157 Å². The van der Waals surface area contributed by atoms with Crippen LogP contribution in [-0.4, -0.2) is 16.8 Å². The zero-order chi connectivity index (χ0) is 17.6. The van der Waals surface area contributed by atoms with E-state index in [1.54, 1.807) is 35.8 Å². The highest BCUT2D eigenvalue weighted by molar-refractivity contribution is 9.10. The summed E-state index contributed by atoms with van der Waals surface area (Å²) < 4.78 is 0.959. The van der Waals surface area contributed by atoms with Crippen molar-refractivity contribution >= 4 is 49.9 Å². The number of thiazole rings is 1. The fourth-order valence-corrected chi connectivity index (χ4v) is 3.01. The summed E-state index contributed by atoms with van der Waals surface area (Å²) in [6.45, 7) is 0. The van der Waals surface area contributed by atoms with Crippen molar-refractivity contribution in [2.45, 2.75) is 6.42 Å². The molecule has 2 amide bonds. The number of nitrogens with zero attached hydrogens (tertiary/aromatic N) is 1. The van der Waals surface area contributed by atoms with Gasteiger partial charge >= 0.3 is 0 Å². The summed E-state index contributed by atoms with van der Waals surface area (Å²) in [5.74, 6) is -0.494. The van der Waals surface area contributed by atoms with Gasteiger partial charge in [-0.15, -0.1) is 11.3 Å². The van der Waals surface area contributed by atoms with Crippen molar-refractivity contribution in [3.05, 3.63) is 75.7 Å². The summed E-state index contributed by atoms with van der Waals surface area (Å²) in [7, 11) is 0. The zero-order valence-corrected chi connectivity index (χ0v) is 15.4. The van der Waals surface area contributed by atoms with Crippen LogP contribution < -0.4 is 10.6 Å². The minimum Gasteiger partial charge on any atom is -0.325 e. The number of benzene rings is 2. The second-order valence-corrected chi connectivity index (χ2v) is 7.00. The molecule has 0 unspecified atom stereocenters. The molecule has 2 N–H and O–H groups in total. The van der Waals surface area contributed by atoms with Gasteiger partial charge in [0.25, 0.3) is 5.91 Å².